The molecule has 0 radical (unpaired) electrons. The van der Waals surface area contributed by atoms with Crippen molar-refractivity contribution < 1.29 is 23.7 Å². The van der Waals surface area contributed by atoms with Gasteiger partial charge in [-0.2, -0.15) is 0 Å². The highest BCUT2D eigenvalue weighted by molar-refractivity contribution is 5.78. The Hall–Kier alpha value is -2.93. The number of nitrogens with zero attached hydrogens (tertiary/aromatic N) is 1. The molecule has 1 aliphatic rings. The number of hydrogen-bond donors (Lipinski definition) is 1. The fraction of sp³-hybridized carbons (Fsp3) is 0.409. The Balaban J connectivity index is 1.37. The third-order valence-electron chi connectivity index (χ3n) is 4.49. The van der Waals surface area contributed by atoms with E-state index in [9.17, 15) is 4.79 Å². The van der Waals surface area contributed by atoms with Gasteiger partial charge in [0, 0.05) is 6.54 Å². The lowest BCUT2D eigenvalue weighted by atomic mass is 10.2. The Kier molecular flexibility index (Phi) is 7.58. The van der Waals surface area contributed by atoms with Gasteiger partial charge in [-0.05, 0) is 55.4 Å². The van der Waals surface area contributed by atoms with Crippen molar-refractivity contribution in [2.45, 2.75) is 20.4 Å². The maximum Gasteiger partial charge on any atom is 0.234 e. The van der Waals surface area contributed by atoms with E-state index in [1.165, 1.54) is 0 Å². The van der Waals surface area contributed by atoms with Gasteiger partial charge in [0.1, 0.15) is 18.1 Å². The first-order valence-electron chi connectivity index (χ1n) is 9.91. The summed E-state index contributed by atoms with van der Waals surface area (Å²) in [6.45, 7) is 7.51. The van der Waals surface area contributed by atoms with E-state index in [0.29, 0.717) is 32.8 Å². The van der Waals surface area contributed by atoms with Gasteiger partial charge in [0.25, 0.3) is 0 Å². The van der Waals surface area contributed by atoms with Gasteiger partial charge in [-0.3, -0.25) is 9.69 Å². The first-order valence-corrected chi connectivity index (χ1v) is 9.91. The van der Waals surface area contributed by atoms with Crippen molar-refractivity contribution in [1.82, 2.24) is 10.2 Å². The predicted octanol–water partition coefficient (Wildman–Crippen LogP) is 2.83. The molecular weight excluding hydrogens is 372 g/mol. The fourth-order valence-electron chi connectivity index (χ4n) is 2.99. The van der Waals surface area contributed by atoms with Gasteiger partial charge in [0.05, 0.1) is 19.7 Å². The van der Waals surface area contributed by atoms with Crippen LogP contribution in [0.3, 0.4) is 0 Å². The van der Waals surface area contributed by atoms with Crippen LogP contribution in [-0.2, 0) is 11.3 Å². The van der Waals surface area contributed by atoms with Crippen LogP contribution in [0.5, 0.6) is 23.0 Å². The van der Waals surface area contributed by atoms with Crippen molar-refractivity contribution >= 4 is 5.91 Å². The highest BCUT2D eigenvalue weighted by Crippen LogP contribution is 2.32. The highest BCUT2D eigenvalue weighted by Gasteiger charge is 2.15. The lowest BCUT2D eigenvalue weighted by Crippen LogP contribution is -2.38. The molecule has 29 heavy (non-hydrogen) atoms. The number of likely N-dealkylation sites (N-methyl/N-ethyl adjacent to an activating group) is 1. The van der Waals surface area contributed by atoms with E-state index in [1.807, 2.05) is 56.3 Å². The van der Waals surface area contributed by atoms with Crippen molar-refractivity contribution in [2.75, 3.05) is 39.6 Å². The molecule has 0 aromatic heterocycles. The number of ether oxygens (including phenoxy) is 4. The number of amides is 1. The number of hydrogen-bond acceptors (Lipinski definition) is 6. The van der Waals surface area contributed by atoms with Crippen molar-refractivity contribution in [3.8, 4) is 23.0 Å². The molecule has 7 nitrogen and oxygen atoms in total. The zero-order valence-corrected chi connectivity index (χ0v) is 17.0. The fourth-order valence-corrected chi connectivity index (χ4v) is 2.99. The van der Waals surface area contributed by atoms with Crippen molar-refractivity contribution in [2.24, 2.45) is 0 Å². The van der Waals surface area contributed by atoms with Gasteiger partial charge in [0.2, 0.25) is 12.7 Å². The van der Waals surface area contributed by atoms with E-state index in [1.54, 1.807) is 0 Å². The van der Waals surface area contributed by atoms with E-state index < -0.39 is 0 Å². The van der Waals surface area contributed by atoms with E-state index in [4.69, 9.17) is 18.9 Å². The molecule has 0 unspecified atom stereocenters. The molecule has 1 amide bonds. The van der Waals surface area contributed by atoms with E-state index >= 15 is 0 Å². The number of carbonyl (C=O) groups is 1. The van der Waals surface area contributed by atoms with Crippen LogP contribution in [0, 0.1) is 0 Å². The number of carbonyl (C=O) groups excluding carboxylic acids is 1. The van der Waals surface area contributed by atoms with Gasteiger partial charge in [-0.25, -0.2) is 0 Å². The summed E-state index contributed by atoms with van der Waals surface area (Å²) in [6.07, 6.45) is 0. The number of nitrogens with one attached hydrogen (secondary N) is 1. The molecule has 0 atom stereocenters. The molecule has 0 aliphatic carbocycles. The zero-order valence-electron chi connectivity index (χ0n) is 17.0. The largest absolute Gasteiger partial charge is 0.494 e. The van der Waals surface area contributed by atoms with Crippen LogP contribution in [0.15, 0.2) is 42.5 Å². The molecule has 2 aromatic rings. The summed E-state index contributed by atoms with van der Waals surface area (Å²) >= 11 is 0. The van der Waals surface area contributed by atoms with E-state index in [2.05, 4.69) is 10.2 Å². The monoisotopic (exact) mass is 400 g/mol. The second kappa shape index (κ2) is 10.6. The smallest absolute Gasteiger partial charge is 0.234 e. The Morgan fingerprint density at radius 1 is 1.03 bits per heavy atom. The summed E-state index contributed by atoms with van der Waals surface area (Å²) < 4.78 is 21.8. The van der Waals surface area contributed by atoms with Crippen LogP contribution in [-0.4, -0.2) is 50.4 Å². The van der Waals surface area contributed by atoms with Crippen LogP contribution in [0.25, 0.3) is 0 Å². The molecule has 156 valence electrons. The standard InChI is InChI=1S/C22H28N2O5/c1-3-24(14-17-5-10-20-21(13-17)29-16-28-20)15-22(25)23-11-12-27-19-8-6-18(7-9-19)26-4-2/h5-10,13H,3-4,11-12,14-16H2,1-2H3,(H,23,25). The SMILES string of the molecule is CCOc1ccc(OCCNC(=O)CN(CC)Cc2ccc3c(c2)OCO3)cc1. The molecule has 2 aromatic carbocycles. The highest BCUT2D eigenvalue weighted by atomic mass is 16.7. The number of benzene rings is 2. The summed E-state index contributed by atoms with van der Waals surface area (Å²) in [7, 11) is 0. The van der Waals surface area contributed by atoms with E-state index in [0.717, 1.165) is 35.1 Å². The molecule has 0 saturated heterocycles. The second-order valence-corrected chi connectivity index (χ2v) is 6.59. The quantitative estimate of drug-likeness (QED) is 0.585. The average molecular weight is 400 g/mol. The maximum absolute atomic E-state index is 12.2. The van der Waals surface area contributed by atoms with Crippen LogP contribution in [0.2, 0.25) is 0 Å². The normalized spacial score (nSPS) is 12.1. The second-order valence-electron chi connectivity index (χ2n) is 6.59. The van der Waals surface area contributed by atoms with E-state index in [-0.39, 0.29) is 12.7 Å². The molecule has 0 saturated carbocycles. The number of rotatable bonds is 11. The summed E-state index contributed by atoms with van der Waals surface area (Å²) in [4.78, 5) is 14.3. The summed E-state index contributed by atoms with van der Waals surface area (Å²) in [5, 5.41) is 2.90. The third kappa shape index (κ3) is 6.29. The summed E-state index contributed by atoms with van der Waals surface area (Å²) in [5.41, 5.74) is 1.09. The van der Waals surface area contributed by atoms with Gasteiger partial charge in [-0.1, -0.05) is 13.0 Å². The van der Waals surface area contributed by atoms with Gasteiger partial charge in [-0.15, -0.1) is 0 Å². The molecule has 1 aliphatic heterocycles. The summed E-state index contributed by atoms with van der Waals surface area (Å²) in [6, 6.07) is 13.3. The lowest BCUT2D eigenvalue weighted by molar-refractivity contribution is -0.122. The van der Waals surface area contributed by atoms with Crippen molar-refractivity contribution in [3.05, 3.63) is 48.0 Å². The predicted molar refractivity (Wildman–Crippen MR) is 110 cm³/mol. The minimum Gasteiger partial charge on any atom is -0.494 e. The Labute approximate surface area is 171 Å². The van der Waals surface area contributed by atoms with Crippen LogP contribution >= 0.6 is 0 Å². The third-order valence-corrected chi connectivity index (χ3v) is 4.49. The van der Waals surface area contributed by atoms with Crippen LogP contribution in [0.1, 0.15) is 19.4 Å². The molecule has 7 heteroatoms. The molecule has 1 N–H and O–H groups in total. The molecule has 3 rings (SSSR count). The van der Waals surface area contributed by atoms with Gasteiger partial charge >= 0.3 is 0 Å². The zero-order chi connectivity index (χ0) is 20.5. The molecule has 1 heterocycles. The molecule has 0 fully saturated rings. The minimum atomic E-state index is -0.0251. The molecular formula is C22H28N2O5. The Morgan fingerprint density at radius 3 is 2.48 bits per heavy atom. The van der Waals surface area contributed by atoms with Crippen molar-refractivity contribution in [1.29, 1.82) is 0 Å². The van der Waals surface area contributed by atoms with Gasteiger partial charge in [0.15, 0.2) is 11.5 Å². The average Bonchev–Trinajstić information content (AvgIpc) is 3.20. The molecule has 0 spiro atoms. The summed E-state index contributed by atoms with van der Waals surface area (Å²) in [5.74, 6) is 3.07. The topological polar surface area (TPSA) is 69.3 Å². The van der Waals surface area contributed by atoms with Crippen molar-refractivity contribution in [3.63, 3.8) is 0 Å². The lowest BCUT2D eigenvalue weighted by Gasteiger charge is -2.20. The van der Waals surface area contributed by atoms with Crippen LogP contribution in [0.4, 0.5) is 0 Å². The van der Waals surface area contributed by atoms with Gasteiger partial charge < -0.3 is 24.3 Å². The molecule has 0 bridgehead atoms. The minimum absolute atomic E-state index is 0.0251. The van der Waals surface area contributed by atoms with Crippen LogP contribution < -0.4 is 24.3 Å². The maximum atomic E-state index is 12.2. The Morgan fingerprint density at radius 2 is 1.76 bits per heavy atom. The first-order chi connectivity index (χ1) is 14.2. The number of fused-ring (bicyclic) bond motifs is 1. The first kappa shape index (κ1) is 20.8. The Bertz CT molecular complexity index is 794.